The fraction of sp³-hybridized carbons (Fsp3) is 0.0182. The number of anilines is 3. The Morgan fingerprint density at radius 2 is 0.759 bits per heavy atom. The lowest BCUT2D eigenvalue weighted by molar-refractivity contribution is 0.359. The first-order valence-corrected chi connectivity index (χ1v) is 19.8. The van der Waals surface area contributed by atoms with Gasteiger partial charge in [-0.3, -0.25) is 0 Å². The Morgan fingerprint density at radius 1 is 0.293 bits per heavy atom. The molecule has 58 heavy (non-hydrogen) atoms. The van der Waals surface area contributed by atoms with Crippen LogP contribution in [0.2, 0.25) is 0 Å². The molecular weight excluding hydrogens is 707 g/mol. The van der Waals surface area contributed by atoms with Crippen LogP contribution in [0.5, 0.6) is 23.0 Å². The Bertz CT molecular complexity index is 3020. The minimum atomic E-state index is -0.454. The van der Waals surface area contributed by atoms with Crippen molar-refractivity contribution >= 4 is 17.1 Å². The van der Waals surface area contributed by atoms with Crippen molar-refractivity contribution in [3.8, 4) is 67.5 Å². The highest BCUT2D eigenvalue weighted by Crippen LogP contribution is 2.64. The molecule has 0 unspecified atom stereocenters. The number of hydrogen-bond acceptors (Lipinski definition) is 3. The minimum absolute atomic E-state index is 0.454. The van der Waals surface area contributed by atoms with Gasteiger partial charge in [0, 0.05) is 17.3 Å². The van der Waals surface area contributed by atoms with Gasteiger partial charge >= 0.3 is 0 Å². The van der Waals surface area contributed by atoms with Crippen LogP contribution in [0.4, 0.5) is 17.1 Å². The number of hydrogen-bond donors (Lipinski definition) is 0. The summed E-state index contributed by atoms with van der Waals surface area (Å²) < 4.78 is 13.8. The molecule has 0 N–H and O–H groups in total. The molecule has 0 aromatic heterocycles. The average Bonchev–Trinajstić information content (AvgIpc) is 3.75. The van der Waals surface area contributed by atoms with Crippen LogP contribution >= 0.6 is 0 Å². The Hall–Kier alpha value is -7.62. The van der Waals surface area contributed by atoms with E-state index in [0.717, 1.165) is 33.9 Å². The first-order valence-electron chi connectivity index (χ1n) is 19.8. The SMILES string of the molecule is c1ccc(-c2ccc(N(c3ccc4c(c3)Oc3cc5c(cc3O4)C3(c4ccccc4-c4ccccc43)c3ccccc3-5)c3ccccc3-c3ccccc3)cc2)cc1. The van der Waals surface area contributed by atoms with Crippen LogP contribution in [0, 0.1) is 0 Å². The third-order valence-corrected chi connectivity index (χ3v) is 12.1. The summed E-state index contributed by atoms with van der Waals surface area (Å²) in [6, 6.07) is 75.8. The third kappa shape index (κ3) is 4.74. The lowest BCUT2D eigenvalue weighted by Crippen LogP contribution is -2.25. The largest absolute Gasteiger partial charge is 0.449 e. The highest BCUT2D eigenvalue weighted by atomic mass is 16.6. The van der Waals surface area contributed by atoms with E-state index in [1.54, 1.807) is 0 Å². The molecule has 12 rings (SSSR count). The van der Waals surface area contributed by atoms with E-state index in [0.29, 0.717) is 17.2 Å². The minimum Gasteiger partial charge on any atom is -0.449 e. The molecule has 1 aliphatic heterocycles. The first-order chi connectivity index (χ1) is 28.8. The molecule has 0 saturated carbocycles. The van der Waals surface area contributed by atoms with Crippen LogP contribution in [-0.4, -0.2) is 0 Å². The van der Waals surface area contributed by atoms with Crippen molar-refractivity contribution in [1.82, 2.24) is 0 Å². The maximum absolute atomic E-state index is 6.91. The van der Waals surface area contributed by atoms with Gasteiger partial charge in [0.1, 0.15) is 0 Å². The Balaban J connectivity index is 0.989. The Morgan fingerprint density at radius 3 is 1.41 bits per heavy atom. The number of benzene rings is 9. The van der Waals surface area contributed by atoms with E-state index in [9.17, 15) is 0 Å². The van der Waals surface area contributed by atoms with E-state index in [2.05, 4.69) is 211 Å². The normalized spacial score (nSPS) is 13.2. The Labute approximate surface area is 337 Å². The summed E-state index contributed by atoms with van der Waals surface area (Å²) in [5.74, 6) is 2.78. The lowest BCUT2D eigenvalue weighted by Gasteiger charge is -2.31. The van der Waals surface area contributed by atoms with Crippen molar-refractivity contribution in [3.63, 3.8) is 0 Å². The van der Waals surface area contributed by atoms with Crippen LogP contribution in [0.3, 0.4) is 0 Å². The van der Waals surface area contributed by atoms with E-state index in [1.165, 1.54) is 55.6 Å². The van der Waals surface area contributed by atoms with Crippen LogP contribution in [0.25, 0.3) is 44.5 Å². The maximum atomic E-state index is 6.91. The van der Waals surface area contributed by atoms with Crippen LogP contribution in [0.15, 0.2) is 212 Å². The van der Waals surface area contributed by atoms with E-state index < -0.39 is 5.41 Å². The molecule has 3 aliphatic rings. The second-order valence-electron chi connectivity index (χ2n) is 15.2. The molecule has 1 heterocycles. The molecule has 0 bridgehead atoms. The highest BCUT2D eigenvalue weighted by Gasteiger charge is 2.52. The predicted octanol–water partition coefficient (Wildman–Crippen LogP) is 14.7. The van der Waals surface area contributed by atoms with Crippen molar-refractivity contribution < 1.29 is 9.47 Å². The summed E-state index contributed by atoms with van der Waals surface area (Å²) in [5.41, 5.74) is 17.3. The summed E-state index contributed by atoms with van der Waals surface area (Å²) in [6.07, 6.45) is 0. The second kappa shape index (κ2) is 12.7. The van der Waals surface area contributed by atoms with E-state index >= 15 is 0 Å². The molecule has 0 amide bonds. The van der Waals surface area contributed by atoms with E-state index in [-0.39, 0.29) is 0 Å². The quantitative estimate of drug-likeness (QED) is 0.175. The molecule has 3 heteroatoms. The Kier molecular flexibility index (Phi) is 7.14. The fourth-order valence-electron chi connectivity index (χ4n) is 9.69. The maximum Gasteiger partial charge on any atom is 0.172 e. The number of rotatable bonds is 5. The van der Waals surface area contributed by atoms with Crippen LogP contribution in [-0.2, 0) is 5.41 Å². The van der Waals surface area contributed by atoms with Gasteiger partial charge in [0.2, 0.25) is 0 Å². The van der Waals surface area contributed by atoms with Gasteiger partial charge in [-0.25, -0.2) is 0 Å². The zero-order chi connectivity index (χ0) is 38.2. The highest BCUT2D eigenvalue weighted by molar-refractivity contribution is 5.96. The van der Waals surface area contributed by atoms with Gasteiger partial charge in [0.15, 0.2) is 23.0 Å². The molecule has 3 nitrogen and oxygen atoms in total. The topological polar surface area (TPSA) is 21.7 Å². The summed E-state index contributed by atoms with van der Waals surface area (Å²) >= 11 is 0. The number of ether oxygens (including phenoxy) is 2. The number of para-hydroxylation sites is 1. The molecule has 272 valence electrons. The zero-order valence-electron chi connectivity index (χ0n) is 31.5. The monoisotopic (exact) mass is 741 g/mol. The molecule has 9 aromatic carbocycles. The molecule has 0 fully saturated rings. The van der Waals surface area contributed by atoms with Gasteiger partial charge in [0.25, 0.3) is 0 Å². The summed E-state index contributed by atoms with van der Waals surface area (Å²) in [5, 5.41) is 0. The number of fused-ring (bicyclic) bond motifs is 12. The van der Waals surface area contributed by atoms with Gasteiger partial charge in [-0.2, -0.15) is 0 Å². The fourth-order valence-corrected chi connectivity index (χ4v) is 9.69. The predicted molar refractivity (Wildman–Crippen MR) is 235 cm³/mol. The molecule has 0 atom stereocenters. The summed E-state index contributed by atoms with van der Waals surface area (Å²) in [6.45, 7) is 0. The van der Waals surface area contributed by atoms with Gasteiger partial charge < -0.3 is 14.4 Å². The molecule has 2 aliphatic carbocycles. The standard InChI is InChI=1S/C55H35NO2/c1-3-15-36(16-4-1)37-27-29-39(30-28-37)56(50-26-14-10-19-41(50)38-17-5-2-6-18-38)40-31-32-51-52(33-40)58-53-34-45-44-22-9-13-25-48(44)55(49(45)35-54(53)57-51)46-23-11-7-20-42(46)43-21-8-12-24-47(43)55/h1-35H. The van der Waals surface area contributed by atoms with Gasteiger partial charge in [-0.1, -0.05) is 164 Å². The van der Waals surface area contributed by atoms with Crippen molar-refractivity contribution in [3.05, 3.63) is 235 Å². The van der Waals surface area contributed by atoms with Gasteiger partial charge in [-0.15, -0.1) is 0 Å². The third-order valence-electron chi connectivity index (χ3n) is 12.1. The van der Waals surface area contributed by atoms with Crippen molar-refractivity contribution in [2.45, 2.75) is 5.41 Å². The van der Waals surface area contributed by atoms with Crippen LogP contribution < -0.4 is 14.4 Å². The lowest BCUT2D eigenvalue weighted by atomic mass is 9.70. The second-order valence-corrected chi connectivity index (χ2v) is 15.2. The summed E-state index contributed by atoms with van der Waals surface area (Å²) in [4.78, 5) is 2.31. The van der Waals surface area contributed by atoms with Gasteiger partial charge in [-0.05, 0) is 104 Å². The molecule has 1 spiro atoms. The zero-order valence-corrected chi connectivity index (χ0v) is 31.5. The van der Waals surface area contributed by atoms with E-state index in [4.69, 9.17) is 9.47 Å². The first kappa shape index (κ1) is 32.6. The van der Waals surface area contributed by atoms with Crippen LogP contribution in [0.1, 0.15) is 22.3 Å². The van der Waals surface area contributed by atoms with Crippen molar-refractivity contribution in [2.75, 3.05) is 4.90 Å². The molecule has 9 aromatic rings. The molecular formula is C55H35NO2. The van der Waals surface area contributed by atoms with E-state index in [1.807, 2.05) is 6.07 Å². The van der Waals surface area contributed by atoms with Gasteiger partial charge in [0.05, 0.1) is 16.8 Å². The smallest absolute Gasteiger partial charge is 0.172 e. The van der Waals surface area contributed by atoms with Crippen molar-refractivity contribution in [1.29, 1.82) is 0 Å². The van der Waals surface area contributed by atoms with Crippen molar-refractivity contribution in [2.24, 2.45) is 0 Å². The molecule has 0 saturated heterocycles. The average molecular weight is 742 g/mol. The number of nitrogens with zero attached hydrogens (tertiary/aromatic N) is 1. The summed E-state index contributed by atoms with van der Waals surface area (Å²) in [7, 11) is 0. The molecule has 0 radical (unpaired) electrons.